The summed E-state index contributed by atoms with van der Waals surface area (Å²) in [5.41, 5.74) is 6.26. The molecular weight excluding hydrogens is 292 g/mol. The number of rotatable bonds is 2. The molecule has 1 atom stereocenters. The molecule has 2 rings (SSSR count). The quantitative estimate of drug-likeness (QED) is 0.926. The molecule has 0 saturated heterocycles. The van der Waals surface area contributed by atoms with E-state index in [1.165, 1.54) is 29.1 Å². The molecule has 0 fully saturated rings. The zero-order valence-corrected chi connectivity index (χ0v) is 10.6. The van der Waals surface area contributed by atoms with Gasteiger partial charge in [0, 0.05) is 12.6 Å². The average Bonchev–Trinajstić information content (AvgIpc) is 2.58. The minimum Gasteiger partial charge on any atom is -0.319 e. The highest BCUT2D eigenvalue weighted by atomic mass is 79.9. The van der Waals surface area contributed by atoms with Crippen LogP contribution in [0.3, 0.4) is 0 Å². The molecule has 90 valence electrons. The molecule has 0 saturated carbocycles. The first-order valence-corrected chi connectivity index (χ1v) is 5.68. The van der Waals surface area contributed by atoms with Crippen molar-refractivity contribution in [2.75, 3.05) is 0 Å². The lowest BCUT2D eigenvalue weighted by atomic mass is 10.0. The zero-order chi connectivity index (χ0) is 12.6. The number of hydrogen-bond donors (Lipinski definition) is 1. The molecule has 6 heteroatoms. The van der Waals surface area contributed by atoms with E-state index in [1.54, 1.807) is 7.05 Å². The molecule has 0 radical (unpaired) electrons. The summed E-state index contributed by atoms with van der Waals surface area (Å²) >= 11 is 3.26. The number of aromatic nitrogens is 2. The highest BCUT2D eigenvalue weighted by molar-refractivity contribution is 9.10. The van der Waals surface area contributed by atoms with E-state index in [-0.39, 0.29) is 5.56 Å². The Balaban J connectivity index is 2.55. The number of aryl methyl sites for hydroxylation is 1. The van der Waals surface area contributed by atoms with E-state index in [0.29, 0.717) is 10.2 Å². The molecule has 0 aliphatic heterocycles. The minimum atomic E-state index is -0.905. The van der Waals surface area contributed by atoms with Crippen LogP contribution >= 0.6 is 15.9 Å². The summed E-state index contributed by atoms with van der Waals surface area (Å²) in [6, 6.07) is 2.77. The summed E-state index contributed by atoms with van der Waals surface area (Å²) in [5, 5.41) is 3.97. The topological polar surface area (TPSA) is 43.8 Å². The highest BCUT2D eigenvalue weighted by Crippen LogP contribution is 2.29. The van der Waals surface area contributed by atoms with E-state index in [4.69, 9.17) is 5.73 Å². The first-order valence-electron chi connectivity index (χ1n) is 4.89. The van der Waals surface area contributed by atoms with Crippen molar-refractivity contribution in [3.8, 4) is 0 Å². The van der Waals surface area contributed by atoms with Crippen LogP contribution in [-0.4, -0.2) is 9.78 Å². The van der Waals surface area contributed by atoms with Gasteiger partial charge < -0.3 is 5.73 Å². The number of nitrogens with zero attached hydrogens (tertiary/aromatic N) is 2. The fourth-order valence-corrected chi connectivity index (χ4v) is 2.31. The third kappa shape index (κ3) is 2.10. The molecule has 0 aliphatic carbocycles. The van der Waals surface area contributed by atoms with Crippen LogP contribution in [0.15, 0.2) is 28.9 Å². The molecule has 2 N–H and O–H groups in total. The minimum absolute atomic E-state index is 0.156. The fraction of sp³-hybridized carbons (Fsp3) is 0.182. The summed E-state index contributed by atoms with van der Waals surface area (Å²) < 4.78 is 29.3. The molecule has 1 aromatic heterocycles. The SMILES string of the molecule is Cn1ncc(Br)c1C(N)c1c(F)cccc1F. The summed E-state index contributed by atoms with van der Waals surface area (Å²) in [4.78, 5) is 0. The lowest BCUT2D eigenvalue weighted by molar-refractivity contribution is 0.533. The Hall–Kier alpha value is -1.27. The molecule has 1 unspecified atom stereocenters. The Bertz CT molecular complexity index is 514. The van der Waals surface area contributed by atoms with E-state index in [0.717, 1.165) is 0 Å². The van der Waals surface area contributed by atoms with Gasteiger partial charge in [-0.05, 0) is 28.1 Å². The predicted octanol–water partition coefficient (Wildman–Crippen LogP) is 2.51. The van der Waals surface area contributed by atoms with Crippen LogP contribution in [0.25, 0.3) is 0 Å². The van der Waals surface area contributed by atoms with Gasteiger partial charge in [-0.25, -0.2) is 8.78 Å². The second-order valence-electron chi connectivity index (χ2n) is 3.61. The Kier molecular flexibility index (Phi) is 3.26. The second kappa shape index (κ2) is 4.54. The first-order chi connectivity index (χ1) is 8.02. The number of hydrogen-bond acceptors (Lipinski definition) is 2. The van der Waals surface area contributed by atoms with Crippen LogP contribution in [0.2, 0.25) is 0 Å². The summed E-state index contributed by atoms with van der Waals surface area (Å²) in [6.07, 6.45) is 1.54. The Morgan fingerprint density at radius 2 is 1.94 bits per heavy atom. The number of halogens is 3. The fourth-order valence-electron chi connectivity index (χ4n) is 1.71. The van der Waals surface area contributed by atoms with Gasteiger partial charge in [0.1, 0.15) is 11.6 Å². The van der Waals surface area contributed by atoms with Crippen molar-refractivity contribution in [1.82, 2.24) is 9.78 Å². The molecule has 17 heavy (non-hydrogen) atoms. The van der Waals surface area contributed by atoms with Crippen molar-refractivity contribution in [2.45, 2.75) is 6.04 Å². The van der Waals surface area contributed by atoms with Gasteiger partial charge in [0.25, 0.3) is 0 Å². The van der Waals surface area contributed by atoms with Gasteiger partial charge in [-0.1, -0.05) is 6.07 Å². The van der Waals surface area contributed by atoms with Crippen LogP contribution < -0.4 is 5.73 Å². The van der Waals surface area contributed by atoms with E-state index >= 15 is 0 Å². The van der Waals surface area contributed by atoms with Crippen molar-refractivity contribution < 1.29 is 8.78 Å². The predicted molar refractivity (Wildman–Crippen MR) is 63.3 cm³/mol. The molecule has 0 bridgehead atoms. The summed E-state index contributed by atoms with van der Waals surface area (Å²) in [6.45, 7) is 0. The lowest BCUT2D eigenvalue weighted by Crippen LogP contribution is -2.19. The van der Waals surface area contributed by atoms with Gasteiger partial charge in [0.2, 0.25) is 0 Å². The molecular formula is C11H10BrF2N3. The van der Waals surface area contributed by atoms with E-state index in [1.807, 2.05) is 0 Å². The van der Waals surface area contributed by atoms with E-state index in [9.17, 15) is 8.78 Å². The van der Waals surface area contributed by atoms with Crippen LogP contribution in [0.1, 0.15) is 17.3 Å². The van der Waals surface area contributed by atoms with Crippen LogP contribution in [0.4, 0.5) is 8.78 Å². The molecule has 1 aromatic carbocycles. The first kappa shape index (κ1) is 12.2. The Labute approximate surface area is 105 Å². The maximum atomic E-state index is 13.6. The van der Waals surface area contributed by atoms with Crippen molar-refractivity contribution in [1.29, 1.82) is 0 Å². The standard InChI is InChI=1S/C11H10BrF2N3/c1-17-11(6(12)5-16-17)10(15)9-7(13)3-2-4-8(9)14/h2-5,10H,15H2,1H3. The third-order valence-corrected chi connectivity index (χ3v) is 3.15. The largest absolute Gasteiger partial charge is 0.319 e. The van der Waals surface area contributed by atoms with Crippen LogP contribution in [-0.2, 0) is 7.05 Å². The van der Waals surface area contributed by atoms with Gasteiger partial charge in [0.05, 0.1) is 22.4 Å². The molecule has 0 aliphatic rings. The summed E-state index contributed by atoms with van der Waals surface area (Å²) in [7, 11) is 1.67. The molecule has 2 aromatic rings. The Morgan fingerprint density at radius 1 is 1.35 bits per heavy atom. The van der Waals surface area contributed by atoms with Crippen molar-refractivity contribution in [3.05, 3.63) is 51.8 Å². The smallest absolute Gasteiger partial charge is 0.131 e. The second-order valence-corrected chi connectivity index (χ2v) is 4.47. The third-order valence-electron chi connectivity index (χ3n) is 2.54. The van der Waals surface area contributed by atoms with Gasteiger partial charge in [-0.3, -0.25) is 4.68 Å². The van der Waals surface area contributed by atoms with Gasteiger partial charge in [0.15, 0.2) is 0 Å². The lowest BCUT2D eigenvalue weighted by Gasteiger charge is -2.15. The number of nitrogens with two attached hydrogens (primary N) is 1. The van der Waals surface area contributed by atoms with Gasteiger partial charge >= 0.3 is 0 Å². The molecule has 0 amide bonds. The van der Waals surface area contributed by atoms with Crippen molar-refractivity contribution >= 4 is 15.9 Å². The maximum absolute atomic E-state index is 13.6. The molecule has 0 spiro atoms. The van der Waals surface area contributed by atoms with Gasteiger partial charge in [-0.2, -0.15) is 5.10 Å². The van der Waals surface area contributed by atoms with Crippen LogP contribution in [0.5, 0.6) is 0 Å². The monoisotopic (exact) mass is 301 g/mol. The average molecular weight is 302 g/mol. The molecule has 1 heterocycles. The zero-order valence-electron chi connectivity index (χ0n) is 8.99. The van der Waals surface area contributed by atoms with E-state index < -0.39 is 17.7 Å². The highest BCUT2D eigenvalue weighted by Gasteiger charge is 2.22. The maximum Gasteiger partial charge on any atom is 0.131 e. The van der Waals surface area contributed by atoms with E-state index in [2.05, 4.69) is 21.0 Å². The molecule has 3 nitrogen and oxygen atoms in total. The normalized spacial score (nSPS) is 12.8. The Morgan fingerprint density at radius 3 is 2.41 bits per heavy atom. The summed E-state index contributed by atoms with van der Waals surface area (Å²) in [5.74, 6) is -1.32. The van der Waals surface area contributed by atoms with Crippen molar-refractivity contribution in [3.63, 3.8) is 0 Å². The van der Waals surface area contributed by atoms with Crippen LogP contribution in [0, 0.1) is 11.6 Å². The number of benzene rings is 1. The van der Waals surface area contributed by atoms with Crippen molar-refractivity contribution in [2.24, 2.45) is 12.8 Å². The van der Waals surface area contributed by atoms with Gasteiger partial charge in [-0.15, -0.1) is 0 Å².